The molecule has 0 aromatic carbocycles. The molecule has 2 rings (SSSR count). The second-order valence-electron chi connectivity index (χ2n) is 4.46. The van der Waals surface area contributed by atoms with Crippen LogP contribution < -0.4 is 0 Å². The van der Waals surface area contributed by atoms with Crippen LogP contribution in [0, 0.1) is 5.41 Å². The molecule has 2 heteroatoms. The quantitative estimate of drug-likeness (QED) is 0.684. The predicted octanol–water partition coefficient (Wildman–Crippen LogP) is 1.24. The van der Waals surface area contributed by atoms with E-state index in [1.807, 2.05) is 0 Å². The number of aliphatic hydroxyl groups excluding tert-OH is 1. The van der Waals surface area contributed by atoms with Crippen LogP contribution >= 0.6 is 0 Å². The van der Waals surface area contributed by atoms with Gasteiger partial charge in [-0.05, 0) is 50.6 Å². The summed E-state index contributed by atoms with van der Waals surface area (Å²) in [6, 6.07) is 0. The van der Waals surface area contributed by atoms with Crippen molar-refractivity contribution >= 4 is 0 Å². The highest BCUT2D eigenvalue weighted by Gasteiger charge is 2.43. The summed E-state index contributed by atoms with van der Waals surface area (Å²) in [7, 11) is 0. The average molecular weight is 169 g/mol. The van der Waals surface area contributed by atoms with Crippen molar-refractivity contribution in [3.05, 3.63) is 0 Å². The highest BCUT2D eigenvalue weighted by atomic mass is 16.3. The fourth-order valence-electron chi connectivity index (χ4n) is 2.32. The van der Waals surface area contributed by atoms with Gasteiger partial charge in [-0.1, -0.05) is 0 Å². The van der Waals surface area contributed by atoms with Crippen LogP contribution in [0.4, 0.5) is 0 Å². The molecule has 1 saturated carbocycles. The minimum atomic E-state index is 0.383. The number of rotatable bonds is 4. The van der Waals surface area contributed by atoms with E-state index in [4.69, 9.17) is 5.11 Å². The van der Waals surface area contributed by atoms with Gasteiger partial charge >= 0.3 is 0 Å². The normalized spacial score (nSPS) is 27.8. The Morgan fingerprint density at radius 3 is 2.33 bits per heavy atom. The SMILES string of the molecule is OCCC1(CN2CCCC2)CC1. The smallest absolute Gasteiger partial charge is 0.0436 e. The maximum absolute atomic E-state index is 8.90. The van der Waals surface area contributed by atoms with Gasteiger partial charge in [-0.25, -0.2) is 0 Å². The molecule has 0 radical (unpaired) electrons. The Kier molecular flexibility index (Phi) is 2.37. The molecule has 0 spiro atoms. The van der Waals surface area contributed by atoms with E-state index >= 15 is 0 Å². The van der Waals surface area contributed by atoms with E-state index in [1.54, 1.807) is 0 Å². The van der Waals surface area contributed by atoms with Crippen LogP contribution in [-0.4, -0.2) is 36.2 Å². The van der Waals surface area contributed by atoms with E-state index in [9.17, 15) is 0 Å². The Hall–Kier alpha value is -0.0800. The predicted molar refractivity (Wildman–Crippen MR) is 49.0 cm³/mol. The topological polar surface area (TPSA) is 23.5 Å². The van der Waals surface area contributed by atoms with Crippen LogP contribution in [0.25, 0.3) is 0 Å². The van der Waals surface area contributed by atoms with Crippen molar-refractivity contribution in [3.63, 3.8) is 0 Å². The summed E-state index contributed by atoms with van der Waals surface area (Å²) < 4.78 is 0. The van der Waals surface area contributed by atoms with Crippen LogP contribution in [0.1, 0.15) is 32.1 Å². The number of nitrogens with zero attached hydrogens (tertiary/aromatic N) is 1. The van der Waals surface area contributed by atoms with Gasteiger partial charge in [-0.3, -0.25) is 0 Å². The summed E-state index contributed by atoms with van der Waals surface area (Å²) in [6.07, 6.45) is 6.50. The maximum Gasteiger partial charge on any atom is 0.0436 e. The maximum atomic E-state index is 8.90. The fraction of sp³-hybridized carbons (Fsp3) is 1.00. The molecule has 0 unspecified atom stereocenters. The first kappa shape index (κ1) is 8.52. The van der Waals surface area contributed by atoms with E-state index in [0.29, 0.717) is 12.0 Å². The van der Waals surface area contributed by atoms with Gasteiger partial charge in [0.25, 0.3) is 0 Å². The van der Waals surface area contributed by atoms with Crippen molar-refractivity contribution in [2.45, 2.75) is 32.1 Å². The molecule has 1 aliphatic heterocycles. The summed E-state index contributed by atoms with van der Waals surface area (Å²) in [5, 5.41) is 8.90. The Labute approximate surface area is 74.6 Å². The second-order valence-corrected chi connectivity index (χ2v) is 4.46. The Morgan fingerprint density at radius 2 is 1.83 bits per heavy atom. The second kappa shape index (κ2) is 3.35. The molecule has 2 nitrogen and oxygen atoms in total. The summed E-state index contributed by atoms with van der Waals surface area (Å²) in [5.41, 5.74) is 0.541. The van der Waals surface area contributed by atoms with Crippen LogP contribution in [-0.2, 0) is 0 Å². The molecule has 0 bridgehead atoms. The minimum absolute atomic E-state index is 0.383. The average Bonchev–Trinajstić information content (AvgIpc) is 2.63. The van der Waals surface area contributed by atoms with Crippen LogP contribution in [0.3, 0.4) is 0 Å². The number of likely N-dealkylation sites (tertiary alicyclic amines) is 1. The molecule has 0 atom stereocenters. The van der Waals surface area contributed by atoms with Crippen molar-refractivity contribution in [1.82, 2.24) is 4.90 Å². The zero-order chi connectivity index (χ0) is 8.44. The van der Waals surface area contributed by atoms with Crippen LogP contribution in [0.2, 0.25) is 0 Å². The van der Waals surface area contributed by atoms with E-state index < -0.39 is 0 Å². The summed E-state index contributed by atoms with van der Waals surface area (Å²) in [6.45, 7) is 4.24. The molecule has 0 aromatic heterocycles. The Bertz CT molecular complexity index is 148. The molecule has 1 saturated heterocycles. The van der Waals surface area contributed by atoms with Gasteiger partial charge in [0.2, 0.25) is 0 Å². The van der Waals surface area contributed by atoms with Crippen LogP contribution in [0.5, 0.6) is 0 Å². The van der Waals surface area contributed by atoms with Crippen molar-refractivity contribution in [2.75, 3.05) is 26.2 Å². The first-order valence-electron chi connectivity index (χ1n) is 5.18. The molecule has 1 heterocycles. The third kappa shape index (κ3) is 1.80. The van der Waals surface area contributed by atoms with Gasteiger partial charge in [0.1, 0.15) is 0 Å². The van der Waals surface area contributed by atoms with Gasteiger partial charge in [0, 0.05) is 13.2 Å². The lowest BCUT2D eigenvalue weighted by atomic mass is 10.0. The largest absolute Gasteiger partial charge is 0.396 e. The fourth-order valence-corrected chi connectivity index (χ4v) is 2.32. The van der Waals surface area contributed by atoms with Gasteiger partial charge in [0.15, 0.2) is 0 Å². The molecule has 0 aromatic rings. The molecule has 0 amide bonds. The molecule has 2 fully saturated rings. The van der Waals surface area contributed by atoms with Gasteiger partial charge in [-0.15, -0.1) is 0 Å². The van der Waals surface area contributed by atoms with Crippen molar-refractivity contribution in [3.8, 4) is 0 Å². The lowest BCUT2D eigenvalue weighted by molar-refractivity contribution is 0.202. The first-order valence-corrected chi connectivity index (χ1v) is 5.18. The Morgan fingerprint density at radius 1 is 1.17 bits per heavy atom. The molecule has 12 heavy (non-hydrogen) atoms. The summed E-state index contributed by atoms with van der Waals surface area (Å²) >= 11 is 0. The molecule has 1 N–H and O–H groups in total. The van der Waals surface area contributed by atoms with Gasteiger partial charge < -0.3 is 10.0 Å². The minimum Gasteiger partial charge on any atom is -0.396 e. The van der Waals surface area contributed by atoms with E-state index in [2.05, 4.69) is 4.90 Å². The Balaban J connectivity index is 1.77. The molecular formula is C10H19NO. The zero-order valence-electron chi connectivity index (χ0n) is 7.76. The first-order chi connectivity index (χ1) is 5.85. The van der Waals surface area contributed by atoms with Gasteiger partial charge in [0.05, 0.1) is 0 Å². The third-order valence-corrected chi connectivity index (χ3v) is 3.36. The number of hydrogen-bond donors (Lipinski definition) is 1. The highest BCUT2D eigenvalue weighted by Crippen LogP contribution is 2.49. The monoisotopic (exact) mass is 169 g/mol. The van der Waals surface area contributed by atoms with Crippen molar-refractivity contribution in [1.29, 1.82) is 0 Å². The lowest BCUT2D eigenvalue weighted by Gasteiger charge is -2.21. The molecular weight excluding hydrogens is 150 g/mol. The lowest BCUT2D eigenvalue weighted by Crippen LogP contribution is -2.28. The number of hydrogen-bond acceptors (Lipinski definition) is 2. The number of aliphatic hydroxyl groups is 1. The van der Waals surface area contributed by atoms with Crippen LogP contribution in [0.15, 0.2) is 0 Å². The van der Waals surface area contributed by atoms with Crippen molar-refractivity contribution < 1.29 is 5.11 Å². The molecule has 1 aliphatic carbocycles. The highest BCUT2D eigenvalue weighted by molar-refractivity contribution is 4.95. The summed E-state index contributed by atoms with van der Waals surface area (Å²) in [5.74, 6) is 0. The third-order valence-electron chi connectivity index (χ3n) is 3.36. The van der Waals surface area contributed by atoms with E-state index in [-0.39, 0.29) is 0 Å². The zero-order valence-corrected chi connectivity index (χ0v) is 7.76. The summed E-state index contributed by atoms with van der Waals surface area (Å²) in [4.78, 5) is 2.57. The van der Waals surface area contributed by atoms with Crippen molar-refractivity contribution in [2.24, 2.45) is 5.41 Å². The standard InChI is InChI=1S/C10H19NO/c12-8-5-10(3-4-10)9-11-6-1-2-7-11/h12H,1-9H2. The van der Waals surface area contributed by atoms with E-state index in [0.717, 1.165) is 6.42 Å². The van der Waals surface area contributed by atoms with E-state index in [1.165, 1.54) is 45.3 Å². The molecule has 2 aliphatic rings. The molecule has 70 valence electrons. The van der Waals surface area contributed by atoms with Gasteiger partial charge in [-0.2, -0.15) is 0 Å².